The zero-order chi connectivity index (χ0) is 26.9. The Bertz CT molecular complexity index is 642. The third kappa shape index (κ3) is 8.39. The van der Waals surface area contributed by atoms with E-state index in [2.05, 4.69) is 13.8 Å². The number of unbranched alkanes of at least 4 members (excludes halogenated alkanes) is 4. The monoisotopic (exact) mass is 540 g/mol. The van der Waals surface area contributed by atoms with Crippen LogP contribution < -0.4 is 0 Å². The average Bonchev–Trinajstić information content (AvgIpc) is 2.94. The SMILES string of the molecule is CCCCCCCC1CCC(COC2CCC(C3CCC(C4CCC(CC)CC4)C(F)C3F)CC2)CC1F. The van der Waals surface area contributed by atoms with Crippen molar-refractivity contribution in [1.29, 1.82) is 0 Å². The molecule has 1 nitrogen and oxygen atoms in total. The largest absolute Gasteiger partial charge is 0.378 e. The Morgan fingerprint density at radius 3 is 1.76 bits per heavy atom. The van der Waals surface area contributed by atoms with E-state index in [4.69, 9.17) is 4.74 Å². The zero-order valence-corrected chi connectivity index (χ0v) is 24.7. The molecule has 0 aliphatic heterocycles. The van der Waals surface area contributed by atoms with Crippen LogP contribution in [0.5, 0.6) is 0 Å². The Hall–Kier alpha value is -0.250. The molecule has 0 saturated heterocycles. The van der Waals surface area contributed by atoms with Crippen LogP contribution in [0.4, 0.5) is 13.2 Å². The number of hydrogen-bond acceptors (Lipinski definition) is 1. The van der Waals surface area contributed by atoms with Crippen molar-refractivity contribution in [3.05, 3.63) is 0 Å². The van der Waals surface area contributed by atoms with E-state index in [-0.39, 0.29) is 23.9 Å². The lowest BCUT2D eigenvalue weighted by molar-refractivity contribution is -0.0554. The summed E-state index contributed by atoms with van der Waals surface area (Å²) in [6.45, 7) is 5.17. The summed E-state index contributed by atoms with van der Waals surface area (Å²) < 4.78 is 51.9. The predicted octanol–water partition coefficient (Wildman–Crippen LogP) is 10.6. The predicted molar refractivity (Wildman–Crippen MR) is 153 cm³/mol. The summed E-state index contributed by atoms with van der Waals surface area (Å²) in [5.74, 6) is 1.98. The average molecular weight is 541 g/mol. The Labute approximate surface area is 232 Å². The first-order chi connectivity index (χ1) is 18.5. The van der Waals surface area contributed by atoms with E-state index >= 15 is 8.78 Å². The van der Waals surface area contributed by atoms with Gasteiger partial charge in [0, 0.05) is 6.61 Å². The molecule has 4 heteroatoms. The van der Waals surface area contributed by atoms with Gasteiger partial charge in [0.15, 0.2) is 0 Å². The van der Waals surface area contributed by atoms with Crippen LogP contribution in [0.15, 0.2) is 0 Å². The zero-order valence-electron chi connectivity index (χ0n) is 24.7. The van der Waals surface area contributed by atoms with Crippen LogP contribution in [-0.2, 0) is 4.74 Å². The van der Waals surface area contributed by atoms with Gasteiger partial charge in [0.2, 0.25) is 0 Å². The van der Waals surface area contributed by atoms with E-state index in [1.165, 1.54) is 51.4 Å². The highest BCUT2D eigenvalue weighted by atomic mass is 19.2. The minimum Gasteiger partial charge on any atom is -0.378 e. The highest BCUT2D eigenvalue weighted by Gasteiger charge is 2.46. The molecule has 4 fully saturated rings. The normalized spacial score (nSPS) is 42.7. The van der Waals surface area contributed by atoms with Crippen molar-refractivity contribution in [3.8, 4) is 0 Å². The maximum atomic E-state index is 15.4. The number of alkyl halides is 3. The molecule has 0 bridgehead atoms. The molecule has 4 saturated carbocycles. The molecule has 222 valence electrons. The van der Waals surface area contributed by atoms with Gasteiger partial charge in [0.05, 0.1) is 6.10 Å². The molecule has 0 amide bonds. The van der Waals surface area contributed by atoms with Crippen LogP contribution >= 0.6 is 0 Å². The molecule has 0 aromatic heterocycles. The van der Waals surface area contributed by atoms with Crippen LogP contribution in [0.2, 0.25) is 0 Å². The third-order valence-electron chi connectivity index (χ3n) is 11.6. The molecular weight excluding hydrogens is 481 g/mol. The van der Waals surface area contributed by atoms with Gasteiger partial charge >= 0.3 is 0 Å². The van der Waals surface area contributed by atoms with Crippen LogP contribution in [0.1, 0.15) is 142 Å². The van der Waals surface area contributed by atoms with Gasteiger partial charge in [0.25, 0.3) is 0 Å². The second-order valence-corrected chi connectivity index (χ2v) is 14.0. The standard InChI is InChI=1S/C34H59F3O/c1-3-5-6-7-8-9-28-15-12-25(22-32(28)35)23-38-29-18-16-27(17-19-29)31-21-20-30(33(36)34(31)37)26-13-10-24(4-2)11-14-26/h24-34H,3-23H2,1-2H3. The van der Waals surface area contributed by atoms with Gasteiger partial charge in [-0.3, -0.25) is 0 Å². The van der Waals surface area contributed by atoms with E-state index in [1.54, 1.807) is 0 Å². The fraction of sp³-hybridized carbons (Fsp3) is 1.00. The Morgan fingerprint density at radius 1 is 0.605 bits per heavy atom. The number of rotatable bonds is 12. The van der Waals surface area contributed by atoms with Crippen molar-refractivity contribution in [3.63, 3.8) is 0 Å². The number of hydrogen-bond donors (Lipinski definition) is 0. The first kappa shape index (κ1) is 30.7. The fourth-order valence-corrected chi connectivity index (χ4v) is 8.89. The van der Waals surface area contributed by atoms with Gasteiger partial charge in [-0.15, -0.1) is 0 Å². The smallest absolute Gasteiger partial charge is 0.134 e. The van der Waals surface area contributed by atoms with Crippen molar-refractivity contribution < 1.29 is 17.9 Å². The minimum absolute atomic E-state index is 0.0470. The van der Waals surface area contributed by atoms with Gasteiger partial charge in [-0.1, -0.05) is 65.2 Å². The molecule has 0 aromatic carbocycles. The van der Waals surface area contributed by atoms with Crippen molar-refractivity contribution in [1.82, 2.24) is 0 Å². The highest BCUT2D eigenvalue weighted by molar-refractivity contribution is 4.95. The maximum absolute atomic E-state index is 15.4. The number of halogens is 3. The Kier molecular flexibility index (Phi) is 12.7. The van der Waals surface area contributed by atoms with E-state index < -0.39 is 18.5 Å². The summed E-state index contributed by atoms with van der Waals surface area (Å²) in [6.07, 6.45) is 18.6. The van der Waals surface area contributed by atoms with Crippen molar-refractivity contribution in [2.45, 2.75) is 167 Å². The molecule has 0 aromatic rings. The summed E-state index contributed by atoms with van der Waals surface area (Å²) >= 11 is 0. The van der Waals surface area contributed by atoms with Crippen LogP contribution in [-0.4, -0.2) is 31.2 Å². The first-order valence-electron chi connectivity index (χ1n) is 17.0. The van der Waals surface area contributed by atoms with Crippen LogP contribution in [0, 0.1) is 41.4 Å². The topological polar surface area (TPSA) is 9.23 Å². The molecule has 0 spiro atoms. The maximum Gasteiger partial charge on any atom is 0.134 e. The van der Waals surface area contributed by atoms with Gasteiger partial charge in [-0.25, -0.2) is 13.2 Å². The molecule has 0 heterocycles. The summed E-state index contributed by atoms with van der Waals surface area (Å²) in [4.78, 5) is 0. The summed E-state index contributed by atoms with van der Waals surface area (Å²) in [5.41, 5.74) is 0. The molecule has 4 aliphatic rings. The molecule has 7 atom stereocenters. The molecule has 4 aliphatic carbocycles. The highest BCUT2D eigenvalue weighted by Crippen LogP contribution is 2.48. The lowest BCUT2D eigenvalue weighted by Crippen LogP contribution is -2.45. The Morgan fingerprint density at radius 2 is 1.18 bits per heavy atom. The first-order valence-corrected chi connectivity index (χ1v) is 17.0. The Balaban J connectivity index is 1.11. The van der Waals surface area contributed by atoms with Gasteiger partial charge in [0.1, 0.15) is 18.5 Å². The van der Waals surface area contributed by atoms with E-state index in [9.17, 15) is 4.39 Å². The lowest BCUT2D eigenvalue weighted by Gasteiger charge is -2.44. The van der Waals surface area contributed by atoms with Crippen molar-refractivity contribution >= 4 is 0 Å². The quantitative estimate of drug-likeness (QED) is 0.224. The molecular formula is C34H59F3O. The molecule has 0 N–H and O–H groups in total. The molecule has 38 heavy (non-hydrogen) atoms. The third-order valence-corrected chi connectivity index (χ3v) is 11.6. The summed E-state index contributed by atoms with van der Waals surface area (Å²) in [7, 11) is 0. The second-order valence-electron chi connectivity index (χ2n) is 14.0. The van der Waals surface area contributed by atoms with E-state index in [0.29, 0.717) is 30.8 Å². The fourth-order valence-electron chi connectivity index (χ4n) is 8.89. The lowest BCUT2D eigenvalue weighted by atomic mass is 9.64. The minimum atomic E-state index is -1.27. The van der Waals surface area contributed by atoms with Crippen molar-refractivity contribution in [2.24, 2.45) is 41.4 Å². The van der Waals surface area contributed by atoms with Gasteiger partial charge in [-0.05, 0) is 118 Å². The second kappa shape index (κ2) is 15.7. The van der Waals surface area contributed by atoms with E-state index in [0.717, 1.165) is 76.5 Å². The summed E-state index contributed by atoms with van der Waals surface area (Å²) in [5, 5.41) is 0. The van der Waals surface area contributed by atoms with Gasteiger partial charge < -0.3 is 4.74 Å². The molecule has 0 radical (unpaired) electrons. The van der Waals surface area contributed by atoms with Crippen LogP contribution in [0.3, 0.4) is 0 Å². The molecule has 4 rings (SSSR count). The van der Waals surface area contributed by atoms with Gasteiger partial charge in [-0.2, -0.15) is 0 Å². The van der Waals surface area contributed by atoms with Crippen molar-refractivity contribution in [2.75, 3.05) is 6.61 Å². The van der Waals surface area contributed by atoms with E-state index in [1.807, 2.05) is 0 Å². The number of ether oxygens (including phenoxy) is 1. The summed E-state index contributed by atoms with van der Waals surface area (Å²) in [6, 6.07) is 0. The van der Waals surface area contributed by atoms with Crippen LogP contribution in [0.25, 0.3) is 0 Å². The molecule has 7 unspecified atom stereocenters.